The summed E-state index contributed by atoms with van der Waals surface area (Å²) in [5.74, 6) is 0. The lowest BCUT2D eigenvalue weighted by Gasteiger charge is -2.20. The Labute approximate surface area is 110 Å². The van der Waals surface area contributed by atoms with Crippen LogP contribution in [0.15, 0.2) is 54.6 Å². The molecule has 2 rings (SSSR count). The average molecular weight is 239 g/mol. The summed E-state index contributed by atoms with van der Waals surface area (Å²) in [4.78, 5) is 2.46. The van der Waals surface area contributed by atoms with Gasteiger partial charge >= 0.3 is 0 Å². The smallest absolute Gasteiger partial charge is 0.0237 e. The summed E-state index contributed by atoms with van der Waals surface area (Å²) < 4.78 is 0. The largest absolute Gasteiger partial charge is 0.295 e. The molecule has 0 amide bonds. The van der Waals surface area contributed by atoms with E-state index < -0.39 is 0 Å². The summed E-state index contributed by atoms with van der Waals surface area (Å²) in [6.45, 7) is 7.46. The highest BCUT2D eigenvalue weighted by Gasteiger charge is 2.04. The van der Waals surface area contributed by atoms with Crippen LogP contribution >= 0.6 is 0 Å². The molecule has 0 aliphatic heterocycles. The standard InChI is InChI=1S/C17H21N/c1-3-18(13-16-7-5-4-6-8-16)14-17-11-9-15(2)10-12-17/h4-12H,3,13-14H2,1-2H3. The highest BCUT2D eigenvalue weighted by Crippen LogP contribution is 2.10. The maximum Gasteiger partial charge on any atom is 0.0237 e. The van der Waals surface area contributed by atoms with Gasteiger partial charge in [0.05, 0.1) is 0 Å². The molecular formula is C17H21N. The quantitative estimate of drug-likeness (QED) is 0.762. The second kappa shape index (κ2) is 6.36. The fourth-order valence-electron chi connectivity index (χ4n) is 2.07. The second-order valence-corrected chi connectivity index (χ2v) is 4.77. The number of aryl methyl sites for hydroxylation is 1. The lowest BCUT2D eigenvalue weighted by molar-refractivity contribution is 0.271. The van der Waals surface area contributed by atoms with Crippen LogP contribution in [0, 0.1) is 6.92 Å². The second-order valence-electron chi connectivity index (χ2n) is 4.77. The molecule has 0 heterocycles. The van der Waals surface area contributed by atoms with Gasteiger partial charge in [0.25, 0.3) is 0 Å². The highest BCUT2D eigenvalue weighted by molar-refractivity contribution is 5.21. The molecule has 2 aromatic carbocycles. The van der Waals surface area contributed by atoms with Crippen molar-refractivity contribution in [1.82, 2.24) is 4.90 Å². The van der Waals surface area contributed by atoms with Gasteiger partial charge in [-0.15, -0.1) is 0 Å². The van der Waals surface area contributed by atoms with Gasteiger partial charge in [0.1, 0.15) is 0 Å². The van der Waals surface area contributed by atoms with E-state index in [1.165, 1.54) is 16.7 Å². The predicted molar refractivity (Wildman–Crippen MR) is 77.4 cm³/mol. The van der Waals surface area contributed by atoms with E-state index >= 15 is 0 Å². The minimum Gasteiger partial charge on any atom is -0.295 e. The minimum atomic E-state index is 1.02. The topological polar surface area (TPSA) is 3.24 Å². The van der Waals surface area contributed by atoms with Gasteiger partial charge in [-0.2, -0.15) is 0 Å². The maximum absolute atomic E-state index is 2.46. The lowest BCUT2D eigenvalue weighted by atomic mass is 10.1. The van der Waals surface area contributed by atoms with E-state index in [0.717, 1.165) is 19.6 Å². The van der Waals surface area contributed by atoms with Crippen molar-refractivity contribution in [2.75, 3.05) is 6.54 Å². The lowest BCUT2D eigenvalue weighted by Crippen LogP contribution is -2.22. The van der Waals surface area contributed by atoms with Crippen LogP contribution in [-0.4, -0.2) is 11.4 Å². The third-order valence-electron chi connectivity index (χ3n) is 3.22. The Morgan fingerprint density at radius 2 is 1.33 bits per heavy atom. The van der Waals surface area contributed by atoms with Crippen LogP contribution in [0.5, 0.6) is 0 Å². The molecule has 0 unspecified atom stereocenters. The molecule has 0 bridgehead atoms. The Bertz CT molecular complexity index is 459. The van der Waals surface area contributed by atoms with Gasteiger partial charge in [-0.1, -0.05) is 67.1 Å². The SMILES string of the molecule is CCN(Cc1ccccc1)Cc1ccc(C)cc1. The summed E-state index contributed by atoms with van der Waals surface area (Å²) in [7, 11) is 0. The number of hydrogen-bond donors (Lipinski definition) is 0. The van der Waals surface area contributed by atoms with Crippen LogP contribution in [0.3, 0.4) is 0 Å². The van der Waals surface area contributed by atoms with Gasteiger partial charge in [0.2, 0.25) is 0 Å². The summed E-state index contributed by atoms with van der Waals surface area (Å²) in [5, 5.41) is 0. The van der Waals surface area contributed by atoms with Crippen molar-refractivity contribution in [2.45, 2.75) is 26.9 Å². The van der Waals surface area contributed by atoms with Crippen molar-refractivity contribution in [2.24, 2.45) is 0 Å². The van der Waals surface area contributed by atoms with Crippen LogP contribution in [0.1, 0.15) is 23.6 Å². The Balaban J connectivity index is 1.99. The van der Waals surface area contributed by atoms with Crippen molar-refractivity contribution in [3.8, 4) is 0 Å². The van der Waals surface area contributed by atoms with E-state index in [2.05, 4.69) is 73.3 Å². The molecular weight excluding hydrogens is 218 g/mol. The average Bonchev–Trinajstić information content (AvgIpc) is 2.41. The van der Waals surface area contributed by atoms with Gasteiger partial charge in [0, 0.05) is 13.1 Å². The third kappa shape index (κ3) is 3.71. The van der Waals surface area contributed by atoms with E-state index in [0.29, 0.717) is 0 Å². The van der Waals surface area contributed by atoms with Crippen LogP contribution in [0.2, 0.25) is 0 Å². The molecule has 0 spiro atoms. The first-order valence-electron chi connectivity index (χ1n) is 6.59. The molecule has 0 atom stereocenters. The van der Waals surface area contributed by atoms with E-state index in [4.69, 9.17) is 0 Å². The number of nitrogens with zero attached hydrogens (tertiary/aromatic N) is 1. The van der Waals surface area contributed by atoms with Crippen LogP contribution in [0.4, 0.5) is 0 Å². The van der Waals surface area contributed by atoms with Crippen LogP contribution in [0.25, 0.3) is 0 Å². The molecule has 94 valence electrons. The normalized spacial score (nSPS) is 10.8. The molecule has 18 heavy (non-hydrogen) atoms. The first kappa shape index (κ1) is 12.8. The highest BCUT2D eigenvalue weighted by atomic mass is 15.1. The molecule has 0 fully saturated rings. The molecule has 0 aromatic heterocycles. The van der Waals surface area contributed by atoms with Crippen molar-refractivity contribution in [3.63, 3.8) is 0 Å². The summed E-state index contributed by atoms with van der Waals surface area (Å²) in [6.07, 6.45) is 0. The Morgan fingerprint density at radius 1 is 0.778 bits per heavy atom. The monoisotopic (exact) mass is 239 g/mol. The number of hydrogen-bond acceptors (Lipinski definition) is 1. The predicted octanol–water partition coefficient (Wildman–Crippen LogP) is 4.02. The first-order valence-corrected chi connectivity index (χ1v) is 6.59. The van der Waals surface area contributed by atoms with E-state index in [9.17, 15) is 0 Å². The third-order valence-corrected chi connectivity index (χ3v) is 3.22. The Kier molecular flexibility index (Phi) is 4.54. The molecule has 0 aliphatic carbocycles. The molecule has 1 heteroatoms. The maximum atomic E-state index is 2.46. The molecule has 0 saturated carbocycles. The zero-order valence-corrected chi connectivity index (χ0v) is 11.3. The zero-order chi connectivity index (χ0) is 12.8. The van der Waals surface area contributed by atoms with Gasteiger partial charge in [0.15, 0.2) is 0 Å². The zero-order valence-electron chi connectivity index (χ0n) is 11.3. The van der Waals surface area contributed by atoms with E-state index in [-0.39, 0.29) is 0 Å². The summed E-state index contributed by atoms with van der Waals surface area (Å²) in [6, 6.07) is 19.5. The Morgan fingerprint density at radius 3 is 1.89 bits per heavy atom. The number of rotatable bonds is 5. The van der Waals surface area contributed by atoms with Crippen LogP contribution < -0.4 is 0 Å². The van der Waals surface area contributed by atoms with Crippen molar-refractivity contribution < 1.29 is 0 Å². The van der Waals surface area contributed by atoms with Crippen molar-refractivity contribution in [3.05, 3.63) is 71.3 Å². The molecule has 2 aromatic rings. The van der Waals surface area contributed by atoms with Gasteiger partial charge < -0.3 is 0 Å². The number of benzene rings is 2. The van der Waals surface area contributed by atoms with Crippen molar-refractivity contribution in [1.29, 1.82) is 0 Å². The van der Waals surface area contributed by atoms with Gasteiger partial charge in [-0.3, -0.25) is 4.90 Å². The summed E-state index contributed by atoms with van der Waals surface area (Å²) in [5.41, 5.74) is 4.09. The van der Waals surface area contributed by atoms with E-state index in [1.807, 2.05) is 0 Å². The first-order chi connectivity index (χ1) is 8.78. The van der Waals surface area contributed by atoms with Gasteiger partial charge in [-0.05, 0) is 24.6 Å². The molecule has 0 aliphatic rings. The Hall–Kier alpha value is -1.60. The molecule has 0 radical (unpaired) electrons. The van der Waals surface area contributed by atoms with Crippen molar-refractivity contribution >= 4 is 0 Å². The van der Waals surface area contributed by atoms with Crippen LogP contribution in [-0.2, 0) is 13.1 Å². The summed E-state index contributed by atoms with van der Waals surface area (Å²) >= 11 is 0. The van der Waals surface area contributed by atoms with Gasteiger partial charge in [-0.25, -0.2) is 0 Å². The van der Waals surface area contributed by atoms with E-state index in [1.54, 1.807) is 0 Å². The fourth-order valence-corrected chi connectivity index (χ4v) is 2.07. The fraction of sp³-hybridized carbons (Fsp3) is 0.294. The molecule has 1 nitrogen and oxygen atoms in total. The molecule has 0 saturated heterocycles. The molecule has 0 N–H and O–H groups in total. The minimum absolute atomic E-state index is 1.02.